The van der Waals surface area contributed by atoms with Crippen LogP contribution in [0.3, 0.4) is 0 Å². The number of amides is 1. The molecule has 1 aromatic heterocycles. The second kappa shape index (κ2) is 7.65. The highest BCUT2D eigenvalue weighted by Gasteiger charge is 2.41. The van der Waals surface area contributed by atoms with Crippen LogP contribution in [0.4, 0.5) is 27.6 Å². The number of benzene rings is 1. The molecule has 1 aliphatic rings. The van der Waals surface area contributed by atoms with Gasteiger partial charge in [0.15, 0.2) is 11.6 Å². The van der Waals surface area contributed by atoms with Crippen LogP contribution in [0.2, 0.25) is 0 Å². The van der Waals surface area contributed by atoms with Crippen LogP contribution < -0.4 is 10.0 Å². The third-order valence-corrected chi connectivity index (χ3v) is 6.58. The lowest BCUT2D eigenvalue weighted by Gasteiger charge is -2.17. The summed E-state index contributed by atoms with van der Waals surface area (Å²) in [5.41, 5.74) is 0.0869. The number of hydrogen-bond donors (Lipinski definition) is 2. The fourth-order valence-corrected chi connectivity index (χ4v) is 5.20. The molecule has 164 valence electrons. The summed E-state index contributed by atoms with van der Waals surface area (Å²) in [4.78, 5) is 12.4. The standard InChI is InChI=1S/C18H18F5N3O3S/c1-9-15(17(27)24-11-5-6-12(19)13(20)8-11)26-7-3-4-14(26)16(9)30(28,29)25-10(2)18(21,22)23/h5-6,8,10,25H,3-4,7H2,1-2H3,(H,24,27). The maximum atomic E-state index is 13.4. The molecule has 1 unspecified atom stereocenters. The van der Waals surface area contributed by atoms with Crippen LogP contribution in [0.5, 0.6) is 0 Å². The van der Waals surface area contributed by atoms with Gasteiger partial charge in [0.1, 0.15) is 16.6 Å². The summed E-state index contributed by atoms with van der Waals surface area (Å²) in [6.07, 6.45) is -4.02. The molecular weight excluding hydrogens is 433 g/mol. The zero-order valence-corrected chi connectivity index (χ0v) is 16.7. The van der Waals surface area contributed by atoms with Gasteiger partial charge in [0.2, 0.25) is 10.0 Å². The van der Waals surface area contributed by atoms with Gasteiger partial charge in [0, 0.05) is 29.6 Å². The van der Waals surface area contributed by atoms with Crippen molar-refractivity contribution in [3.8, 4) is 0 Å². The number of sulfonamides is 1. The lowest BCUT2D eigenvalue weighted by molar-refractivity contribution is -0.147. The highest BCUT2D eigenvalue weighted by atomic mass is 32.2. The lowest BCUT2D eigenvalue weighted by atomic mass is 10.2. The summed E-state index contributed by atoms with van der Waals surface area (Å²) >= 11 is 0. The molecule has 12 heteroatoms. The second-order valence-corrected chi connectivity index (χ2v) is 8.62. The first-order valence-corrected chi connectivity index (χ1v) is 10.4. The van der Waals surface area contributed by atoms with Crippen molar-refractivity contribution in [1.82, 2.24) is 9.29 Å². The van der Waals surface area contributed by atoms with Gasteiger partial charge < -0.3 is 9.88 Å². The summed E-state index contributed by atoms with van der Waals surface area (Å²) in [6.45, 7) is 2.29. The predicted molar refractivity (Wildman–Crippen MR) is 97.6 cm³/mol. The highest BCUT2D eigenvalue weighted by Crippen LogP contribution is 2.33. The SMILES string of the molecule is Cc1c(S(=O)(=O)NC(C)C(F)(F)F)c2n(c1C(=O)Nc1ccc(F)c(F)c1)CCC2. The highest BCUT2D eigenvalue weighted by molar-refractivity contribution is 7.89. The molecule has 2 heterocycles. The third kappa shape index (κ3) is 4.06. The van der Waals surface area contributed by atoms with Crippen molar-refractivity contribution in [2.24, 2.45) is 0 Å². The van der Waals surface area contributed by atoms with Crippen molar-refractivity contribution in [3.05, 3.63) is 46.8 Å². The summed E-state index contributed by atoms with van der Waals surface area (Å²) < 4.78 is 93.5. The molecule has 0 aliphatic carbocycles. The molecule has 0 saturated carbocycles. The molecule has 1 aliphatic heterocycles. The van der Waals surface area contributed by atoms with E-state index in [0.29, 0.717) is 19.9 Å². The van der Waals surface area contributed by atoms with Crippen molar-refractivity contribution in [2.75, 3.05) is 5.32 Å². The number of halogens is 5. The van der Waals surface area contributed by atoms with Crippen molar-refractivity contribution in [1.29, 1.82) is 0 Å². The number of alkyl halides is 3. The zero-order valence-electron chi connectivity index (χ0n) is 15.9. The van der Waals surface area contributed by atoms with E-state index in [2.05, 4.69) is 5.32 Å². The zero-order chi connectivity index (χ0) is 22.4. The first-order chi connectivity index (χ1) is 13.8. The number of hydrogen-bond acceptors (Lipinski definition) is 3. The molecule has 0 spiro atoms. The lowest BCUT2D eigenvalue weighted by Crippen LogP contribution is -2.43. The van der Waals surface area contributed by atoms with Crippen LogP contribution >= 0.6 is 0 Å². The average molecular weight is 451 g/mol. The van der Waals surface area contributed by atoms with Crippen LogP contribution in [-0.2, 0) is 23.0 Å². The number of anilines is 1. The Morgan fingerprint density at radius 1 is 1.20 bits per heavy atom. The van der Waals surface area contributed by atoms with Gasteiger partial charge in [0.25, 0.3) is 5.91 Å². The fraction of sp³-hybridized carbons (Fsp3) is 0.389. The number of rotatable bonds is 5. The van der Waals surface area contributed by atoms with E-state index in [1.807, 2.05) is 0 Å². The third-order valence-electron chi connectivity index (χ3n) is 4.83. The Morgan fingerprint density at radius 3 is 2.47 bits per heavy atom. The molecule has 6 nitrogen and oxygen atoms in total. The van der Waals surface area contributed by atoms with Crippen LogP contribution in [0.15, 0.2) is 23.1 Å². The summed E-state index contributed by atoms with van der Waals surface area (Å²) in [6, 6.07) is 0.390. The summed E-state index contributed by atoms with van der Waals surface area (Å²) in [5.74, 6) is -3.07. The van der Waals surface area contributed by atoms with E-state index in [-0.39, 0.29) is 34.0 Å². The normalized spacial score (nSPS) is 15.2. The molecule has 0 bridgehead atoms. The minimum absolute atomic E-state index is 0.0216. The number of carbonyl (C=O) groups excluding carboxylic acids is 1. The predicted octanol–water partition coefficient (Wildman–Crippen LogP) is 3.50. The number of carbonyl (C=O) groups is 1. The van der Waals surface area contributed by atoms with Gasteiger partial charge in [0.05, 0.1) is 0 Å². The van der Waals surface area contributed by atoms with Crippen molar-refractivity contribution >= 4 is 21.6 Å². The molecule has 2 aromatic rings. The molecular formula is C18H18F5N3O3S. The molecule has 1 amide bonds. The van der Waals surface area contributed by atoms with Gasteiger partial charge in [-0.05, 0) is 38.8 Å². The fourth-order valence-electron chi connectivity index (χ4n) is 3.46. The first kappa shape index (κ1) is 22.2. The van der Waals surface area contributed by atoms with Crippen molar-refractivity contribution < 1.29 is 35.2 Å². The van der Waals surface area contributed by atoms with Gasteiger partial charge in [-0.3, -0.25) is 4.79 Å². The summed E-state index contributed by atoms with van der Waals surface area (Å²) in [5, 5.41) is 2.36. The summed E-state index contributed by atoms with van der Waals surface area (Å²) in [7, 11) is -4.58. The van der Waals surface area contributed by atoms with E-state index < -0.39 is 39.8 Å². The smallest absolute Gasteiger partial charge is 0.339 e. The molecule has 1 aromatic carbocycles. The maximum Gasteiger partial charge on any atom is 0.404 e. The number of fused-ring (bicyclic) bond motifs is 1. The van der Waals surface area contributed by atoms with Gasteiger partial charge in [-0.25, -0.2) is 17.2 Å². The van der Waals surface area contributed by atoms with E-state index in [0.717, 1.165) is 18.2 Å². The number of nitrogens with one attached hydrogen (secondary N) is 2. The molecule has 1 atom stereocenters. The molecule has 0 radical (unpaired) electrons. The van der Waals surface area contributed by atoms with Crippen molar-refractivity contribution in [2.45, 2.75) is 50.3 Å². The number of nitrogens with zero attached hydrogens (tertiary/aromatic N) is 1. The van der Waals surface area contributed by atoms with Crippen LogP contribution in [-0.4, -0.2) is 31.1 Å². The topological polar surface area (TPSA) is 80.2 Å². The Morgan fingerprint density at radius 2 is 1.87 bits per heavy atom. The van der Waals surface area contributed by atoms with E-state index in [9.17, 15) is 35.2 Å². The monoisotopic (exact) mass is 451 g/mol. The molecule has 2 N–H and O–H groups in total. The minimum atomic E-state index is -4.78. The van der Waals surface area contributed by atoms with Crippen molar-refractivity contribution in [3.63, 3.8) is 0 Å². The second-order valence-electron chi connectivity index (χ2n) is 6.97. The minimum Gasteiger partial charge on any atom is -0.339 e. The van der Waals surface area contributed by atoms with Gasteiger partial charge in [-0.15, -0.1) is 0 Å². The molecule has 0 saturated heterocycles. The van der Waals surface area contributed by atoms with Crippen LogP contribution in [0.1, 0.15) is 35.1 Å². The Bertz CT molecular complexity index is 1110. The Kier molecular flexibility index (Phi) is 5.67. The molecule has 3 rings (SSSR count). The van der Waals surface area contributed by atoms with Gasteiger partial charge >= 0.3 is 6.18 Å². The number of aromatic nitrogens is 1. The Balaban J connectivity index is 2.00. The quantitative estimate of drug-likeness (QED) is 0.683. The largest absolute Gasteiger partial charge is 0.404 e. The van der Waals surface area contributed by atoms with E-state index in [4.69, 9.17) is 0 Å². The van der Waals surface area contributed by atoms with Crippen LogP contribution in [0, 0.1) is 18.6 Å². The van der Waals surface area contributed by atoms with E-state index in [1.54, 1.807) is 4.72 Å². The molecule has 30 heavy (non-hydrogen) atoms. The maximum absolute atomic E-state index is 13.4. The Labute approximate surface area is 169 Å². The molecule has 0 fully saturated rings. The van der Waals surface area contributed by atoms with E-state index >= 15 is 0 Å². The van der Waals surface area contributed by atoms with Crippen LogP contribution in [0.25, 0.3) is 0 Å². The van der Waals surface area contributed by atoms with Gasteiger partial charge in [-0.2, -0.15) is 17.9 Å². The Hall–Kier alpha value is -2.47. The van der Waals surface area contributed by atoms with Gasteiger partial charge in [-0.1, -0.05) is 0 Å². The average Bonchev–Trinajstić information content (AvgIpc) is 3.15. The van der Waals surface area contributed by atoms with E-state index in [1.165, 1.54) is 11.5 Å². The first-order valence-electron chi connectivity index (χ1n) is 8.90.